The van der Waals surface area contributed by atoms with Crippen LogP contribution >= 0.6 is 23.4 Å². The Morgan fingerprint density at radius 3 is 2.23 bits per heavy atom. The number of halogens is 1. The van der Waals surface area contributed by atoms with Crippen molar-refractivity contribution < 1.29 is 27.2 Å². The first kappa shape index (κ1) is 34.8. The molecule has 3 fully saturated rings. The van der Waals surface area contributed by atoms with Crippen LogP contribution in [0, 0.1) is 0 Å². The quantitative estimate of drug-likeness (QED) is 0.129. The van der Waals surface area contributed by atoms with Gasteiger partial charge in [0.05, 0.1) is 29.9 Å². The first-order chi connectivity index (χ1) is 22.3. The lowest BCUT2D eigenvalue weighted by Gasteiger charge is -2.55. The van der Waals surface area contributed by atoms with Crippen LogP contribution in [-0.4, -0.2) is 72.8 Å². The summed E-state index contributed by atoms with van der Waals surface area (Å²) in [6, 6.07) is 6.98. The van der Waals surface area contributed by atoms with Gasteiger partial charge in [0.1, 0.15) is 29.1 Å². The SMILES string of the molecule is COc1ccc(C(=O)O[C@H]2[C@H](n3cnc4c(Cl)ncnc43)SC34CCC[C@H]3O[Si](C(C)C)(C(C)C)O[Si](C(C)C)(C(C)C)O[C@@H]24)cc1. The van der Waals surface area contributed by atoms with Gasteiger partial charge in [0.15, 0.2) is 16.9 Å². The first-order valence-corrected chi connectivity index (χ1v) is 21.9. The summed E-state index contributed by atoms with van der Waals surface area (Å²) in [5.41, 5.74) is 2.18. The standard InChI is InChI=1S/C33H47ClN4O6SSi2/c1-19(2)46(20(3)4)42-25-11-10-16-33(25)28(43-47(44-46,21(5)6)22(7)8)27(41-32(39)23-12-14-24(40-9)15-13-23)31(45-33)38-18-37-26-29(34)35-17-36-30(26)38/h12-15,17-22,25,27-28,31H,10-11,16H2,1-9H3/t25-,27-,28+,31-,33?/m1/s1. The Bertz CT molecular complexity index is 1590. The van der Waals surface area contributed by atoms with E-state index in [4.69, 9.17) is 34.0 Å². The predicted octanol–water partition coefficient (Wildman–Crippen LogP) is 8.21. The van der Waals surface area contributed by atoms with Gasteiger partial charge in [-0.3, -0.25) is 4.57 Å². The molecule has 14 heteroatoms. The number of hydrogen-bond donors (Lipinski definition) is 0. The van der Waals surface area contributed by atoms with E-state index >= 15 is 0 Å². The second-order valence-electron chi connectivity index (χ2n) is 14.3. The number of ether oxygens (including phenoxy) is 2. The predicted molar refractivity (Wildman–Crippen MR) is 188 cm³/mol. The van der Waals surface area contributed by atoms with Gasteiger partial charge in [-0.15, -0.1) is 11.8 Å². The average molecular weight is 719 g/mol. The van der Waals surface area contributed by atoms with E-state index in [1.165, 1.54) is 6.33 Å². The van der Waals surface area contributed by atoms with Gasteiger partial charge >= 0.3 is 23.1 Å². The lowest BCUT2D eigenvalue weighted by molar-refractivity contribution is -0.0586. The number of thioether (sulfide) groups is 1. The smallest absolute Gasteiger partial charge is 0.338 e. The molecule has 10 nitrogen and oxygen atoms in total. The van der Waals surface area contributed by atoms with Crippen molar-refractivity contribution in [2.45, 2.75) is 125 Å². The number of esters is 1. The number of aromatic nitrogens is 4. The number of methoxy groups -OCH3 is 1. The fraction of sp³-hybridized carbons (Fsp3) is 0.636. The Balaban J connectivity index is 1.54. The molecule has 47 heavy (non-hydrogen) atoms. The summed E-state index contributed by atoms with van der Waals surface area (Å²) in [5, 5.41) is -0.143. The molecule has 256 valence electrons. The van der Waals surface area contributed by atoms with E-state index in [9.17, 15) is 4.79 Å². The molecular formula is C33H47ClN4O6SSi2. The number of carbonyl (C=O) groups excluding carboxylic acids is 1. The molecule has 0 bridgehead atoms. The van der Waals surface area contributed by atoms with Crippen molar-refractivity contribution in [3.63, 3.8) is 0 Å². The molecule has 0 amide bonds. The fourth-order valence-electron chi connectivity index (χ4n) is 7.87. The highest BCUT2D eigenvalue weighted by molar-refractivity contribution is 8.01. The number of benzene rings is 1. The molecular weight excluding hydrogens is 672 g/mol. The zero-order valence-electron chi connectivity index (χ0n) is 28.7. The summed E-state index contributed by atoms with van der Waals surface area (Å²) >= 11 is 8.25. The number of hydrogen-bond acceptors (Lipinski definition) is 10. The number of rotatable bonds is 8. The maximum atomic E-state index is 14.0. The second-order valence-corrected chi connectivity index (χ2v) is 24.9. The van der Waals surface area contributed by atoms with Gasteiger partial charge in [0.2, 0.25) is 0 Å². The minimum atomic E-state index is -3.05. The van der Waals surface area contributed by atoms with Crippen molar-refractivity contribution in [1.82, 2.24) is 19.5 Å². The van der Waals surface area contributed by atoms with Crippen molar-refractivity contribution in [3.8, 4) is 5.75 Å². The Kier molecular flexibility index (Phi) is 9.66. The first-order valence-electron chi connectivity index (χ1n) is 16.7. The third-order valence-electron chi connectivity index (χ3n) is 10.3. The molecule has 1 aliphatic carbocycles. The summed E-state index contributed by atoms with van der Waals surface area (Å²) < 4.78 is 36.3. The molecule has 0 radical (unpaired) electrons. The summed E-state index contributed by atoms with van der Waals surface area (Å²) in [7, 11) is -4.29. The molecule has 5 atom stereocenters. The third-order valence-corrected chi connectivity index (χ3v) is 22.7. The van der Waals surface area contributed by atoms with E-state index in [1.807, 2.05) is 4.57 Å². The maximum absolute atomic E-state index is 14.0. The number of imidazole rings is 1. The highest BCUT2D eigenvalue weighted by Crippen LogP contribution is 2.63. The number of nitrogens with zero attached hydrogens (tertiary/aromatic N) is 4. The number of carbonyl (C=O) groups is 1. The van der Waals surface area contributed by atoms with E-state index in [0.29, 0.717) is 22.5 Å². The zero-order chi connectivity index (χ0) is 33.9. The van der Waals surface area contributed by atoms with Crippen molar-refractivity contribution in [2.75, 3.05) is 7.11 Å². The van der Waals surface area contributed by atoms with Gasteiger partial charge in [-0.2, -0.15) is 0 Å². The van der Waals surface area contributed by atoms with Crippen LogP contribution in [-0.2, 0) is 17.7 Å². The van der Waals surface area contributed by atoms with E-state index in [-0.39, 0.29) is 33.4 Å². The molecule has 2 aliphatic heterocycles. The monoisotopic (exact) mass is 718 g/mol. The molecule has 6 rings (SSSR count). The van der Waals surface area contributed by atoms with E-state index < -0.39 is 45.4 Å². The summed E-state index contributed by atoms with van der Waals surface area (Å²) in [5.74, 6) is 0.226. The Hall–Kier alpha value is -2.01. The molecule has 3 aromatic rings. The molecule has 1 aromatic carbocycles. The maximum Gasteiger partial charge on any atom is 0.338 e. The average Bonchev–Trinajstić information content (AvgIpc) is 3.71. The largest absolute Gasteiger partial charge is 0.497 e. The van der Waals surface area contributed by atoms with Crippen LogP contribution in [0.1, 0.15) is 90.4 Å². The molecule has 2 aromatic heterocycles. The van der Waals surface area contributed by atoms with Crippen molar-refractivity contribution >= 4 is 57.6 Å². The van der Waals surface area contributed by atoms with Gasteiger partial charge in [-0.05, 0) is 65.7 Å². The summed E-state index contributed by atoms with van der Waals surface area (Å²) in [6.45, 7) is 17.9. The van der Waals surface area contributed by atoms with Crippen LogP contribution in [0.2, 0.25) is 27.3 Å². The minimum absolute atomic E-state index is 0.119. The molecule has 1 unspecified atom stereocenters. The van der Waals surface area contributed by atoms with E-state index in [2.05, 4.69) is 70.3 Å². The molecule has 4 heterocycles. The minimum Gasteiger partial charge on any atom is -0.497 e. The van der Waals surface area contributed by atoms with Crippen LogP contribution in [0.3, 0.4) is 0 Å². The Morgan fingerprint density at radius 2 is 1.62 bits per heavy atom. The topological polar surface area (TPSA) is 107 Å². The molecule has 1 saturated carbocycles. The highest BCUT2D eigenvalue weighted by Gasteiger charge is 2.70. The zero-order valence-corrected chi connectivity index (χ0v) is 32.3. The van der Waals surface area contributed by atoms with E-state index in [1.54, 1.807) is 49.5 Å². The second kappa shape index (κ2) is 13.0. The van der Waals surface area contributed by atoms with Crippen LogP contribution < -0.4 is 4.74 Å². The fourth-order valence-corrected chi connectivity index (χ4v) is 21.6. The lowest BCUT2D eigenvalue weighted by Crippen LogP contribution is -2.69. The summed E-state index contributed by atoms with van der Waals surface area (Å²) in [6.07, 6.45) is 4.55. The van der Waals surface area contributed by atoms with Crippen LogP contribution in [0.15, 0.2) is 36.9 Å². The number of fused-ring (bicyclic) bond motifs is 1. The molecule has 3 aliphatic rings. The summed E-state index contributed by atoms with van der Waals surface area (Å²) in [4.78, 5) is 27.4. The van der Waals surface area contributed by atoms with Crippen LogP contribution in [0.4, 0.5) is 0 Å². The molecule has 1 spiro atoms. The molecule has 2 saturated heterocycles. The lowest BCUT2D eigenvalue weighted by atomic mass is 9.93. The van der Waals surface area contributed by atoms with Gasteiger partial charge in [0.25, 0.3) is 0 Å². The van der Waals surface area contributed by atoms with Gasteiger partial charge in [0, 0.05) is 0 Å². The van der Waals surface area contributed by atoms with Gasteiger partial charge in [-0.1, -0.05) is 67.0 Å². The van der Waals surface area contributed by atoms with Gasteiger partial charge in [-0.25, -0.2) is 19.7 Å². The molecule has 0 N–H and O–H groups in total. The normalized spacial score (nSPS) is 28.5. The highest BCUT2D eigenvalue weighted by atomic mass is 35.5. The van der Waals surface area contributed by atoms with Gasteiger partial charge < -0.3 is 22.4 Å². The van der Waals surface area contributed by atoms with Crippen molar-refractivity contribution in [1.29, 1.82) is 0 Å². The van der Waals surface area contributed by atoms with Crippen molar-refractivity contribution in [3.05, 3.63) is 47.6 Å². The Labute approximate surface area is 289 Å². The third kappa shape index (κ3) is 5.67. The van der Waals surface area contributed by atoms with Crippen molar-refractivity contribution in [2.24, 2.45) is 0 Å². The van der Waals surface area contributed by atoms with E-state index in [0.717, 1.165) is 19.3 Å². The Morgan fingerprint density at radius 1 is 0.979 bits per heavy atom. The van der Waals surface area contributed by atoms with Crippen LogP contribution in [0.25, 0.3) is 11.2 Å². The van der Waals surface area contributed by atoms with Crippen LogP contribution in [0.5, 0.6) is 5.75 Å².